The highest BCUT2D eigenvalue weighted by molar-refractivity contribution is 5.75. The number of urea groups is 1. The minimum absolute atomic E-state index is 0.0396. The molecule has 0 saturated carbocycles. The van der Waals surface area contributed by atoms with Gasteiger partial charge < -0.3 is 10.2 Å². The molecule has 2 rings (SSSR count). The van der Waals surface area contributed by atoms with Crippen molar-refractivity contribution < 1.29 is 9.18 Å². The standard InChI is InChI=1S/C17H20FN3O/c1-12(2)20-17(22)21(3)16(14-5-4-10-19-11-14)13-6-8-15(18)9-7-13/h4-12,16H,1-3H3,(H,20,22). The van der Waals surface area contributed by atoms with Crippen molar-refractivity contribution in [2.24, 2.45) is 0 Å². The fourth-order valence-electron chi connectivity index (χ4n) is 2.29. The number of benzene rings is 1. The Bertz CT molecular complexity index is 614. The summed E-state index contributed by atoms with van der Waals surface area (Å²) in [5.74, 6) is -0.303. The molecule has 22 heavy (non-hydrogen) atoms. The van der Waals surface area contributed by atoms with Crippen LogP contribution < -0.4 is 5.32 Å². The van der Waals surface area contributed by atoms with Gasteiger partial charge in [-0.25, -0.2) is 9.18 Å². The van der Waals surface area contributed by atoms with Crippen LogP contribution in [-0.2, 0) is 0 Å². The molecule has 0 spiro atoms. The summed E-state index contributed by atoms with van der Waals surface area (Å²) in [4.78, 5) is 18.0. The van der Waals surface area contributed by atoms with Crippen molar-refractivity contribution >= 4 is 6.03 Å². The summed E-state index contributed by atoms with van der Waals surface area (Å²) < 4.78 is 13.2. The molecule has 1 aromatic carbocycles. The van der Waals surface area contributed by atoms with Crippen LogP contribution in [0.25, 0.3) is 0 Å². The molecular formula is C17H20FN3O. The highest BCUT2D eigenvalue weighted by atomic mass is 19.1. The Morgan fingerprint density at radius 3 is 2.41 bits per heavy atom. The van der Waals surface area contributed by atoms with E-state index in [4.69, 9.17) is 0 Å². The van der Waals surface area contributed by atoms with Crippen LogP contribution in [0.15, 0.2) is 48.8 Å². The Hall–Kier alpha value is -2.43. The van der Waals surface area contributed by atoms with E-state index in [2.05, 4.69) is 10.3 Å². The average molecular weight is 301 g/mol. The summed E-state index contributed by atoms with van der Waals surface area (Å²) in [5, 5.41) is 2.87. The van der Waals surface area contributed by atoms with Crippen molar-refractivity contribution in [2.75, 3.05) is 7.05 Å². The lowest BCUT2D eigenvalue weighted by molar-refractivity contribution is 0.195. The summed E-state index contributed by atoms with van der Waals surface area (Å²) in [5.41, 5.74) is 1.70. The molecule has 1 heterocycles. The second-order valence-electron chi connectivity index (χ2n) is 5.46. The van der Waals surface area contributed by atoms with Crippen LogP contribution in [0.2, 0.25) is 0 Å². The normalized spacial score (nSPS) is 12.0. The van der Waals surface area contributed by atoms with E-state index in [-0.39, 0.29) is 23.9 Å². The Morgan fingerprint density at radius 2 is 1.86 bits per heavy atom. The SMILES string of the molecule is CC(C)NC(=O)N(C)C(c1ccc(F)cc1)c1cccnc1. The van der Waals surface area contributed by atoms with Crippen molar-refractivity contribution in [1.82, 2.24) is 15.2 Å². The number of halogens is 1. The Morgan fingerprint density at radius 1 is 1.18 bits per heavy atom. The fourth-order valence-corrected chi connectivity index (χ4v) is 2.29. The van der Waals surface area contributed by atoms with E-state index in [1.807, 2.05) is 26.0 Å². The predicted molar refractivity (Wildman–Crippen MR) is 83.9 cm³/mol. The van der Waals surface area contributed by atoms with Gasteiger partial charge in [-0.2, -0.15) is 0 Å². The maximum absolute atomic E-state index is 13.2. The molecule has 1 aromatic heterocycles. The minimum atomic E-state index is -0.326. The summed E-state index contributed by atoms with van der Waals surface area (Å²) >= 11 is 0. The molecule has 4 nitrogen and oxygen atoms in total. The molecular weight excluding hydrogens is 281 g/mol. The summed E-state index contributed by atoms with van der Waals surface area (Å²) in [7, 11) is 1.72. The molecule has 0 bridgehead atoms. The van der Waals surface area contributed by atoms with Gasteiger partial charge in [0.1, 0.15) is 5.82 Å². The molecule has 116 valence electrons. The van der Waals surface area contributed by atoms with E-state index >= 15 is 0 Å². The minimum Gasteiger partial charge on any atom is -0.336 e. The third-order valence-corrected chi connectivity index (χ3v) is 3.31. The van der Waals surface area contributed by atoms with Crippen LogP contribution in [-0.4, -0.2) is 29.0 Å². The second kappa shape index (κ2) is 7.02. The number of aromatic nitrogens is 1. The number of nitrogens with one attached hydrogen (secondary N) is 1. The highest BCUT2D eigenvalue weighted by Gasteiger charge is 2.24. The molecule has 0 saturated heterocycles. The number of amides is 2. The van der Waals surface area contributed by atoms with E-state index < -0.39 is 0 Å². The van der Waals surface area contributed by atoms with Gasteiger partial charge in [-0.1, -0.05) is 18.2 Å². The second-order valence-corrected chi connectivity index (χ2v) is 5.46. The van der Waals surface area contributed by atoms with Gasteiger partial charge in [0.15, 0.2) is 0 Å². The molecule has 2 amide bonds. The first-order chi connectivity index (χ1) is 10.5. The number of pyridine rings is 1. The van der Waals surface area contributed by atoms with Crippen molar-refractivity contribution in [2.45, 2.75) is 25.9 Å². The van der Waals surface area contributed by atoms with Gasteiger partial charge in [0, 0.05) is 25.5 Å². The maximum atomic E-state index is 13.2. The van der Waals surface area contributed by atoms with Crippen LogP contribution in [0.4, 0.5) is 9.18 Å². The lowest BCUT2D eigenvalue weighted by Gasteiger charge is -2.29. The lowest BCUT2D eigenvalue weighted by Crippen LogP contribution is -2.42. The predicted octanol–water partition coefficient (Wildman–Crippen LogP) is 3.36. The Kier molecular flexibility index (Phi) is 5.09. The van der Waals surface area contributed by atoms with E-state index in [1.165, 1.54) is 12.1 Å². The number of hydrogen-bond donors (Lipinski definition) is 1. The van der Waals surface area contributed by atoms with Crippen LogP contribution in [0.5, 0.6) is 0 Å². The van der Waals surface area contributed by atoms with Gasteiger partial charge in [-0.3, -0.25) is 4.98 Å². The van der Waals surface area contributed by atoms with E-state index in [1.54, 1.807) is 36.5 Å². The number of carbonyl (C=O) groups is 1. The number of hydrogen-bond acceptors (Lipinski definition) is 2. The summed E-state index contributed by atoms with van der Waals surface area (Å²) in [6.45, 7) is 3.81. The van der Waals surface area contributed by atoms with Crippen LogP contribution >= 0.6 is 0 Å². The lowest BCUT2D eigenvalue weighted by atomic mass is 9.99. The van der Waals surface area contributed by atoms with Gasteiger partial charge in [0.05, 0.1) is 6.04 Å². The molecule has 0 radical (unpaired) electrons. The van der Waals surface area contributed by atoms with E-state index in [0.29, 0.717) is 0 Å². The first kappa shape index (κ1) is 15.9. The van der Waals surface area contributed by atoms with Gasteiger partial charge in [0.2, 0.25) is 0 Å². The highest BCUT2D eigenvalue weighted by Crippen LogP contribution is 2.27. The molecule has 1 unspecified atom stereocenters. The molecule has 5 heteroatoms. The largest absolute Gasteiger partial charge is 0.336 e. The van der Waals surface area contributed by atoms with Crippen molar-refractivity contribution in [3.63, 3.8) is 0 Å². The molecule has 0 aliphatic heterocycles. The van der Waals surface area contributed by atoms with Gasteiger partial charge in [-0.05, 0) is 43.2 Å². The molecule has 0 aliphatic rings. The zero-order chi connectivity index (χ0) is 16.1. The topological polar surface area (TPSA) is 45.2 Å². The van der Waals surface area contributed by atoms with Gasteiger partial charge >= 0.3 is 6.03 Å². The molecule has 1 N–H and O–H groups in total. The third-order valence-electron chi connectivity index (χ3n) is 3.31. The van der Waals surface area contributed by atoms with Crippen LogP contribution in [0, 0.1) is 5.82 Å². The van der Waals surface area contributed by atoms with Crippen LogP contribution in [0.1, 0.15) is 31.0 Å². The molecule has 0 aliphatic carbocycles. The van der Waals surface area contributed by atoms with Crippen molar-refractivity contribution in [3.8, 4) is 0 Å². The van der Waals surface area contributed by atoms with Crippen molar-refractivity contribution in [1.29, 1.82) is 0 Å². The van der Waals surface area contributed by atoms with Crippen LogP contribution in [0.3, 0.4) is 0 Å². The zero-order valence-corrected chi connectivity index (χ0v) is 13.0. The number of nitrogens with zero attached hydrogens (tertiary/aromatic N) is 2. The number of rotatable bonds is 4. The van der Waals surface area contributed by atoms with E-state index in [0.717, 1.165) is 11.1 Å². The molecule has 1 atom stereocenters. The first-order valence-corrected chi connectivity index (χ1v) is 7.17. The van der Waals surface area contributed by atoms with Gasteiger partial charge in [0.25, 0.3) is 0 Å². The van der Waals surface area contributed by atoms with E-state index in [9.17, 15) is 9.18 Å². The maximum Gasteiger partial charge on any atom is 0.318 e. The smallest absolute Gasteiger partial charge is 0.318 e. The average Bonchev–Trinajstić information content (AvgIpc) is 2.50. The molecule has 2 aromatic rings. The number of carbonyl (C=O) groups excluding carboxylic acids is 1. The van der Waals surface area contributed by atoms with Gasteiger partial charge in [-0.15, -0.1) is 0 Å². The van der Waals surface area contributed by atoms with Crippen molar-refractivity contribution in [3.05, 3.63) is 65.7 Å². The third kappa shape index (κ3) is 3.81. The quantitative estimate of drug-likeness (QED) is 0.941. The summed E-state index contributed by atoms with van der Waals surface area (Å²) in [6.07, 6.45) is 3.40. The Labute approximate surface area is 130 Å². The fraction of sp³-hybridized carbons (Fsp3) is 0.294. The zero-order valence-electron chi connectivity index (χ0n) is 13.0. The first-order valence-electron chi connectivity index (χ1n) is 7.17. The Balaban J connectivity index is 2.37. The molecule has 0 fully saturated rings. The monoisotopic (exact) mass is 301 g/mol. The summed E-state index contributed by atoms with van der Waals surface area (Å²) in [6, 6.07) is 9.41.